The second kappa shape index (κ2) is 6.88. The first-order valence-corrected chi connectivity index (χ1v) is 6.21. The van der Waals surface area contributed by atoms with Gasteiger partial charge in [-0.1, -0.05) is 18.2 Å². The number of hydrogen-bond donors (Lipinski definition) is 1. The molecule has 84 valence electrons. The Bertz CT molecular complexity index is 264. The Labute approximate surface area is 96.3 Å². The number of aliphatic hydroxyl groups excluding tert-OH is 1. The third kappa shape index (κ3) is 5.82. The first-order valence-electron chi connectivity index (χ1n) is 5.23. The van der Waals surface area contributed by atoms with Crippen LogP contribution in [0.5, 0.6) is 0 Å². The summed E-state index contributed by atoms with van der Waals surface area (Å²) >= 11 is 1.85. The zero-order valence-electron chi connectivity index (χ0n) is 9.39. The molecule has 0 saturated heterocycles. The number of benzene rings is 1. The van der Waals surface area contributed by atoms with Crippen LogP contribution < -0.4 is 0 Å². The molecule has 15 heavy (non-hydrogen) atoms. The highest BCUT2D eigenvalue weighted by molar-refractivity contribution is 7.99. The molecule has 1 atom stereocenters. The van der Waals surface area contributed by atoms with Gasteiger partial charge < -0.3 is 10.0 Å². The molecule has 0 aromatic heterocycles. The highest BCUT2D eigenvalue weighted by Gasteiger charge is 2.02. The highest BCUT2D eigenvalue weighted by atomic mass is 32.2. The zero-order chi connectivity index (χ0) is 11.1. The molecule has 1 unspecified atom stereocenters. The van der Waals surface area contributed by atoms with E-state index in [0.29, 0.717) is 0 Å². The minimum Gasteiger partial charge on any atom is -0.392 e. The van der Waals surface area contributed by atoms with Gasteiger partial charge in [0.05, 0.1) is 6.10 Å². The second-order valence-corrected chi connectivity index (χ2v) is 4.94. The van der Waals surface area contributed by atoms with Crippen LogP contribution in [0.25, 0.3) is 0 Å². The van der Waals surface area contributed by atoms with E-state index in [1.54, 1.807) is 0 Å². The molecule has 1 aromatic carbocycles. The SMILES string of the molecule is CC(O)CN(C)CCSc1ccccc1. The van der Waals surface area contributed by atoms with Gasteiger partial charge >= 0.3 is 0 Å². The van der Waals surface area contributed by atoms with Crippen molar-refractivity contribution in [2.45, 2.75) is 17.9 Å². The van der Waals surface area contributed by atoms with Gasteiger partial charge in [-0.3, -0.25) is 0 Å². The number of aliphatic hydroxyl groups is 1. The lowest BCUT2D eigenvalue weighted by molar-refractivity contribution is 0.145. The molecule has 1 N–H and O–H groups in total. The number of hydrogen-bond acceptors (Lipinski definition) is 3. The van der Waals surface area contributed by atoms with Crippen LogP contribution in [0.15, 0.2) is 35.2 Å². The summed E-state index contributed by atoms with van der Waals surface area (Å²) in [6.45, 7) is 3.57. The molecular weight excluding hydrogens is 206 g/mol. The molecule has 0 fully saturated rings. The van der Waals surface area contributed by atoms with Gasteiger partial charge in [-0.15, -0.1) is 11.8 Å². The summed E-state index contributed by atoms with van der Waals surface area (Å²) in [4.78, 5) is 3.46. The average Bonchev–Trinajstić information content (AvgIpc) is 2.18. The van der Waals surface area contributed by atoms with E-state index in [0.717, 1.165) is 18.8 Å². The lowest BCUT2D eigenvalue weighted by Gasteiger charge is -2.17. The first kappa shape index (κ1) is 12.6. The van der Waals surface area contributed by atoms with E-state index in [9.17, 15) is 5.11 Å². The van der Waals surface area contributed by atoms with Gasteiger partial charge in [0.2, 0.25) is 0 Å². The van der Waals surface area contributed by atoms with Gasteiger partial charge in [-0.2, -0.15) is 0 Å². The van der Waals surface area contributed by atoms with Gasteiger partial charge in [0, 0.05) is 23.7 Å². The molecule has 1 aromatic rings. The van der Waals surface area contributed by atoms with Gasteiger partial charge in [-0.05, 0) is 26.1 Å². The first-order chi connectivity index (χ1) is 7.18. The predicted molar refractivity (Wildman–Crippen MR) is 66.3 cm³/mol. The van der Waals surface area contributed by atoms with Crippen molar-refractivity contribution >= 4 is 11.8 Å². The third-order valence-electron chi connectivity index (χ3n) is 2.06. The van der Waals surface area contributed by atoms with E-state index in [-0.39, 0.29) is 6.10 Å². The van der Waals surface area contributed by atoms with Crippen molar-refractivity contribution in [1.29, 1.82) is 0 Å². The summed E-state index contributed by atoms with van der Waals surface area (Å²) in [5, 5.41) is 9.19. The second-order valence-electron chi connectivity index (χ2n) is 3.77. The lowest BCUT2D eigenvalue weighted by Crippen LogP contribution is -2.29. The number of likely N-dealkylation sites (N-methyl/N-ethyl adjacent to an activating group) is 1. The summed E-state index contributed by atoms with van der Waals surface area (Å²) < 4.78 is 0. The normalized spacial score (nSPS) is 13.1. The molecule has 1 rings (SSSR count). The predicted octanol–water partition coefficient (Wildman–Crippen LogP) is 2.09. The van der Waals surface area contributed by atoms with E-state index >= 15 is 0 Å². The Morgan fingerprint density at radius 1 is 1.33 bits per heavy atom. The molecule has 0 aliphatic rings. The molecule has 0 aliphatic carbocycles. The van der Waals surface area contributed by atoms with E-state index in [1.165, 1.54) is 4.90 Å². The average molecular weight is 225 g/mol. The van der Waals surface area contributed by atoms with Crippen molar-refractivity contribution in [1.82, 2.24) is 4.90 Å². The molecule has 2 nitrogen and oxygen atoms in total. The van der Waals surface area contributed by atoms with Crippen molar-refractivity contribution in [3.8, 4) is 0 Å². The highest BCUT2D eigenvalue weighted by Crippen LogP contribution is 2.16. The van der Waals surface area contributed by atoms with E-state index < -0.39 is 0 Å². The molecular formula is C12H19NOS. The maximum Gasteiger partial charge on any atom is 0.0638 e. The quantitative estimate of drug-likeness (QED) is 0.750. The van der Waals surface area contributed by atoms with E-state index in [4.69, 9.17) is 0 Å². The standard InChI is InChI=1S/C12H19NOS/c1-11(14)10-13(2)8-9-15-12-6-4-3-5-7-12/h3-7,11,14H,8-10H2,1-2H3. The van der Waals surface area contributed by atoms with Crippen LogP contribution in [0.3, 0.4) is 0 Å². The monoisotopic (exact) mass is 225 g/mol. The smallest absolute Gasteiger partial charge is 0.0638 e. The van der Waals surface area contributed by atoms with E-state index in [2.05, 4.69) is 29.2 Å². The molecule has 0 amide bonds. The van der Waals surface area contributed by atoms with Crippen molar-refractivity contribution in [2.24, 2.45) is 0 Å². The molecule has 0 saturated carbocycles. The summed E-state index contributed by atoms with van der Waals surface area (Å²) in [6, 6.07) is 10.4. The van der Waals surface area contributed by atoms with Crippen LogP contribution in [0.4, 0.5) is 0 Å². The topological polar surface area (TPSA) is 23.5 Å². The Morgan fingerprint density at radius 3 is 2.60 bits per heavy atom. The van der Waals surface area contributed by atoms with Crippen LogP contribution in [-0.2, 0) is 0 Å². The Kier molecular flexibility index (Phi) is 5.76. The zero-order valence-corrected chi connectivity index (χ0v) is 10.2. The molecule has 0 spiro atoms. The molecule has 0 heterocycles. The number of nitrogens with zero attached hydrogens (tertiary/aromatic N) is 1. The largest absolute Gasteiger partial charge is 0.392 e. The van der Waals surface area contributed by atoms with Crippen molar-refractivity contribution in [3.05, 3.63) is 30.3 Å². The molecule has 0 bridgehead atoms. The van der Waals surface area contributed by atoms with Crippen LogP contribution >= 0.6 is 11.8 Å². The minimum atomic E-state index is -0.239. The van der Waals surface area contributed by atoms with Crippen LogP contribution in [0.1, 0.15) is 6.92 Å². The minimum absolute atomic E-state index is 0.239. The number of rotatable bonds is 6. The van der Waals surface area contributed by atoms with Gasteiger partial charge in [0.15, 0.2) is 0 Å². The number of thioether (sulfide) groups is 1. The van der Waals surface area contributed by atoms with Crippen molar-refractivity contribution in [2.75, 3.05) is 25.9 Å². The van der Waals surface area contributed by atoms with Gasteiger partial charge in [0.25, 0.3) is 0 Å². The molecule has 3 heteroatoms. The molecule has 0 aliphatic heterocycles. The fourth-order valence-electron chi connectivity index (χ4n) is 1.38. The van der Waals surface area contributed by atoms with Crippen molar-refractivity contribution in [3.63, 3.8) is 0 Å². The van der Waals surface area contributed by atoms with Crippen LogP contribution in [0, 0.1) is 0 Å². The fourth-order valence-corrected chi connectivity index (χ4v) is 2.37. The maximum absolute atomic E-state index is 9.19. The summed E-state index contributed by atoms with van der Waals surface area (Å²) in [7, 11) is 2.04. The summed E-state index contributed by atoms with van der Waals surface area (Å²) in [6.07, 6.45) is -0.239. The van der Waals surface area contributed by atoms with Gasteiger partial charge in [-0.25, -0.2) is 0 Å². The fraction of sp³-hybridized carbons (Fsp3) is 0.500. The Balaban J connectivity index is 2.16. The maximum atomic E-state index is 9.19. The van der Waals surface area contributed by atoms with Gasteiger partial charge in [0.1, 0.15) is 0 Å². The van der Waals surface area contributed by atoms with Crippen molar-refractivity contribution < 1.29 is 5.11 Å². The lowest BCUT2D eigenvalue weighted by atomic mass is 10.4. The Hall–Kier alpha value is -0.510. The summed E-state index contributed by atoms with van der Waals surface area (Å²) in [5.41, 5.74) is 0. The van der Waals surface area contributed by atoms with Crippen LogP contribution in [-0.4, -0.2) is 42.0 Å². The van der Waals surface area contributed by atoms with E-state index in [1.807, 2.05) is 31.8 Å². The Morgan fingerprint density at radius 2 is 2.00 bits per heavy atom. The summed E-state index contributed by atoms with van der Waals surface area (Å²) in [5.74, 6) is 1.06. The van der Waals surface area contributed by atoms with Crippen LogP contribution in [0.2, 0.25) is 0 Å². The third-order valence-corrected chi connectivity index (χ3v) is 3.05. The molecule has 0 radical (unpaired) electrons.